The molecule has 1 N–H and O–H groups in total. The lowest BCUT2D eigenvalue weighted by molar-refractivity contribution is 0.190. The van der Waals surface area contributed by atoms with Gasteiger partial charge < -0.3 is 10.1 Å². The highest BCUT2D eigenvalue weighted by Crippen LogP contribution is 2.32. The summed E-state index contributed by atoms with van der Waals surface area (Å²) in [6.07, 6.45) is 2.00. The van der Waals surface area contributed by atoms with E-state index >= 15 is 0 Å². The number of rotatable bonds is 5. The van der Waals surface area contributed by atoms with Crippen molar-refractivity contribution >= 4 is 0 Å². The molecule has 1 aliphatic rings. The summed E-state index contributed by atoms with van der Waals surface area (Å²) < 4.78 is 19.8. The Morgan fingerprint density at radius 1 is 1.28 bits per heavy atom. The third kappa shape index (κ3) is 3.45. The maximum atomic E-state index is 14.3. The molecule has 0 aliphatic carbocycles. The van der Waals surface area contributed by atoms with Crippen LogP contribution in [-0.4, -0.2) is 19.7 Å². The molecule has 0 aromatic heterocycles. The quantitative estimate of drug-likeness (QED) is 0.865. The van der Waals surface area contributed by atoms with Crippen LogP contribution in [0.25, 0.3) is 0 Å². The number of alkyl halides is 1. The van der Waals surface area contributed by atoms with Crippen LogP contribution < -0.4 is 10.1 Å². The third-order valence-electron chi connectivity index (χ3n) is 3.47. The molecule has 1 fully saturated rings. The summed E-state index contributed by atoms with van der Waals surface area (Å²) in [6, 6.07) is 7.46. The zero-order chi connectivity index (χ0) is 12.8. The Morgan fingerprint density at radius 2 is 1.94 bits per heavy atom. The van der Waals surface area contributed by atoms with Crippen molar-refractivity contribution in [2.24, 2.45) is 5.92 Å². The summed E-state index contributed by atoms with van der Waals surface area (Å²) in [4.78, 5) is 0. The molecule has 1 aromatic carbocycles. The van der Waals surface area contributed by atoms with Crippen molar-refractivity contribution in [3.8, 4) is 5.75 Å². The third-order valence-corrected chi connectivity index (χ3v) is 3.47. The number of hydrogen-bond acceptors (Lipinski definition) is 2. The predicted octanol–water partition coefficient (Wildman–Crippen LogP) is 3.49. The van der Waals surface area contributed by atoms with Gasteiger partial charge in [0.2, 0.25) is 0 Å². The summed E-state index contributed by atoms with van der Waals surface area (Å²) in [5.74, 6) is 0.992. The van der Waals surface area contributed by atoms with Gasteiger partial charge in [-0.2, -0.15) is 0 Å². The van der Waals surface area contributed by atoms with Crippen LogP contribution in [0.1, 0.15) is 37.9 Å². The van der Waals surface area contributed by atoms with Crippen LogP contribution in [0.2, 0.25) is 0 Å². The molecule has 0 saturated carbocycles. The molecule has 100 valence electrons. The zero-order valence-corrected chi connectivity index (χ0v) is 11.0. The van der Waals surface area contributed by atoms with Crippen LogP contribution in [0.4, 0.5) is 4.39 Å². The Hall–Kier alpha value is -1.09. The van der Waals surface area contributed by atoms with Gasteiger partial charge in [0.25, 0.3) is 0 Å². The van der Waals surface area contributed by atoms with Gasteiger partial charge in [0.05, 0.1) is 6.61 Å². The Labute approximate surface area is 109 Å². The van der Waals surface area contributed by atoms with Crippen LogP contribution in [0.3, 0.4) is 0 Å². The second-order valence-corrected chi connectivity index (χ2v) is 4.91. The van der Waals surface area contributed by atoms with Crippen molar-refractivity contribution in [2.45, 2.75) is 32.4 Å². The molecule has 1 heterocycles. The van der Waals surface area contributed by atoms with Crippen LogP contribution in [0.15, 0.2) is 24.3 Å². The monoisotopic (exact) mass is 251 g/mol. The Balaban J connectivity index is 1.95. The van der Waals surface area contributed by atoms with Gasteiger partial charge >= 0.3 is 0 Å². The van der Waals surface area contributed by atoms with Crippen molar-refractivity contribution in [1.82, 2.24) is 5.32 Å². The average molecular weight is 251 g/mol. The summed E-state index contributed by atoms with van der Waals surface area (Å²) in [5, 5.41) is 3.27. The van der Waals surface area contributed by atoms with E-state index in [4.69, 9.17) is 4.74 Å². The summed E-state index contributed by atoms with van der Waals surface area (Å²) >= 11 is 0. The highest BCUT2D eigenvalue weighted by Gasteiger charge is 2.24. The van der Waals surface area contributed by atoms with Gasteiger partial charge in [-0.3, -0.25) is 0 Å². The van der Waals surface area contributed by atoms with Crippen LogP contribution in [0, 0.1) is 5.92 Å². The molecular formula is C15H22FNO. The average Bonchev–Trinajstić information content (AvgIpc) is 2.46. The molecule has 2 nitrogen and oxygen atoms in total. The van der Waals surface area contributed by atoms with Gasteiger partial charge in [0.1, 0.15) is 11.9 Å². The minimum absolute atomic E-state index is 0.161. The molecule has 0 spiro atoms. The largest absolute Gasteiger partial charge is 0.494 e. The Bertz CT molecular complexity index is 346. The van der Waals surface area contributed by atoms with Gasteiger partial charge in [0.15, 0.2) is 0 Å². The predicted molar refractivity (Wildman–Crippen MR) is 71.7 cm³/mol. The molecule has 0 bridgehead atoms. The minimum atomic E-state index is -0.840. The minimum Gasteiger partial charge on any atom is -0.494 e. The van der Waals surface area contributed by atoms with Crippen LogP contribution in [0.5, 0.6) is 5.75 Å². The number of halogens is 1. The molecule has 0 radical (unpaired) electrons. The van der Waals surface area contributed by atoms with Crippen LogP contribution in [-0.2, 0) is 0 Å². The number of piperidine rings is 1. The first-order valence-electron chi connectivity index (χ1n) is 6.89. The van der Waals surface area contributed by atoms with E-state index in [0.29, 0.717) is 6.61 Å². The normalized spacial score (nSPS) is 18.6. The molecule has 2 rings (SSSR count). The highest BCUT2D eigenvalue weighted by atomic mass is 19.1. The number of benzene rings is 1. The molecule has 0 amide bonds. The van der Waals surface area contributed by atoms with Gasteiger partial charge in [-0.1, -0.05) is 19.1 Å². The lowest BCUT2D eigenvalue weighted by Crippen LogP contribution is -2.29. The molecule has 3 heteroatoms. The van der Waals surface area contributed by atoms with E-state index in [1.54, 1.807) is 0 Å². The summed E-state index contributed by atoms with van der Waals surface area (Å²) in [7, 11) is 0. The maximum Gasteiger partial charge on any atom is 0.128 e. The van der Waals surface area contributed by atoms with E-state index in [-0.39, 0.29) is 5.92 Å². The fraction of sp³-hybridized carbons (Fsp3) is 0.600. The lowest BCUT2D eigenvalue weighted by atomic mass is 9.89. The van der Waals surface area contributed by atoms with Gasteiger partial charge in [-0.25, -0.2) is 4.39 Å². The van der Waals surface area contributed by atoms with E-state index in [9.17, 15) is 4.39 Å². The fourth-order valence-electron chi connectivity index (χ4n) is 2.38. The standard InChI is InChI=1S/C15H22FNO/c1-2-11-18-14-5-3-12(4-6-14)15(16)13-7-9-17-10-8-13/h3-6,13,15,17H,2,7-11H2,1H3. The van der Waals surface area contributed by atoms with Gasteiger partial charge in [0, 0.05) is 0 Å². The fourth-order valence-corrected chi connectivity index (χ4v) is 2.38. The summed E-state index contributed by atoms with van der Waals surface area (Å²) in [6.45, 7) is 4.65. The highest BCUT2D eigenvalue weighted by molar-refractivity contribution is 5.29. The Kier molecular flexibility index (Phi) is 5.00. The topological polar surface area (TPSA) is 21.3 Å². The van der Waals surface area contributed by atoms with E-state index in [1.165, 1.54) is 0 Å². The number of ether oxygens (including phenoxy) is 1. The number of nitrogens with one attached hydrogen (secondary N) is 1. The molecule has 1 unspecified atom stereocenters. The maximum absolute atomic E-state index is 14.3. The lowest BCUT2D eigenvalue weighted by Gasteiger charge is -2.26. The zero-order valence-electron chi connectivity index (χ0n) is 11.0. The molecule has 1 saturated heterocycles. The number of hydrogen-bond donors (Lipinski definition) is 1. The van der Waals surface area contributed by atoms with E-state index < -0.39 is 6.17 Å². The van der Waals surface area contributed by atoms with Gasteiger partial charge in [-0.05, 0) is 56.0 Å². The first-order valence-corrected chi connectivity index (χ1v) is 6.89. The van der Waals surface area contributed by atoms with Crippen molar-refractivity contribution in [2.75, 3.05) is 19.7 Å². The van der Waals surface area contributed by atoms with Crippen molar-refractivity contribution < 1.29 is 9.13 Å². The Morgan fingerprint density at radius 3 is 2.56 bits per heavy atom. The van der Waals surface area contributed by atoms with E-state index in [0.717, 1.165) is 43.7 Å². The van der Waals surface area contributed by atoms with E-state index in [2.05, 4.69) is 12.2 Å². The van der Waals surface area contributed by atoms with E-state index in [1.807, 2.05) is 24.3 Å². The molecule has 1 atom stereocenters. The second kappa shape index (κ2) is 6.74. The molecule has 1 aliphatic heterocycles. The van der Waals surface area contributed by atoms with Crippen molar-refractivity contribution in [3.63, 3.8) is 0 Å². The molecule has 18 heavy (non-hydrogen) atoms. The van der Waals surface area contributed by atoms with Crippen molar-refractivity contribution in [3.05, 3.63) is 29.8 Å². The summed E-state index contributed by atoms with van der Waals surface area (Å²) in [5.41, 5.74) is 0.783. The smallest absolute Gasteiger partial charge is 0.128 e. The van der Waals surface area contributed by atoms with Gasteiger partial charge in [-0.15, -0.1) is 0 Å². The first kappa shape index (κ1) is 13.3. The second-order valence-electron chi connectivity index (χ2n) is 4.91. The van der Waals surface area contributed by atoms with Crippen LogP contribution >= 0.6 is 0 Å². The SMILES string of the molecule is CCCOc1ccc(C(F)C2CCNCC2)cc1. The molecular weight excluding hydrogens is 229 g/mol. The molecule has 1 aromatic rings. The first-order chi connectivity index (χ1) is 8.81. The van der Waals surface area contributed by atoms with Crippen molar-refractivity contribution in [1.29, 1.82) is 0 Å².